The molecular formula is C13H19N3. The van der Waals surface area contributed by atoms with Crippen LogP contribution in [0, 0.1) is 12.3 Å². The number of aromatic nitrogens is 1. The Kier molecular flexibility index (Phi) is 2.36. The van der Waals surface area contributed by atoms with Gasteiger partial charge in [0.2, 0.25) is 0 Å². The van der Waals surface area contributed by atoms with Crippen molar-refractivity contribution in [2.45, 2.75) is 19.8 Å². The third-order valence-corrected chi connectivity index (χ3v) is 3.97. The third-order valence-electron chi connectivity index (χ3n) is 3.97. The highest BCUT2D eigenvalue weighted by Gasteiger charge is 2.40. The second kappa shape index (κ2) is 3.74. The standard InChI is InChI=1S/C13H19N3/c1-11-3-2-4-12(15-11)16-8-6-13(10-16)5-7-14-9-13/h2-4,14H,5-10H2,1H3. The Bertz CT molecular complexity index is 383. The summed E-state index contributed by atoms with van der Waals surface area (Å²) in [5.74, 6) is 1.16. The second-order valence-electron chi connectivity index (χ2n) is 5.24. The highest BCUT2D eigenvalue weighted by atomic mass is 15.2. The molecule has 0 aliphatic carbocycles. The average molecular weight is 217 g/mol. The van der Waals surface area contributed by atoms with Crippen LogP contribution in [-0.2, 0) is 0 Å². The van der Waals surface area contributed by atoms with Crippen LogP contribution < -0.4 is 10.2 Å². The van der Waals surface area contributed by atoms with E-state index in [1.807, 2.05) is 0 Å². The van der Waals surface area contributed by atoms with E-state index in [0.717, 1.165) is 18.1 Å². The second-order valence-corrected chi connectivity index (χ2v) is 5.24. The van der Waals surface area contributed by atoms with E-state index in [-0.39, 0.29) is 0 Å². The summed E-state index contributed by atoms with van der Waals surface area (Å²) in [6.45, 7) is 6.78. The Balaban J connectivity index is 1.78. The van der Waals surface area contributed by atoms with Gasteiger partial charge in [-0.1, -0.05) is 6.07 Å². The lowest BCUT2D eigenvalue weighted by Gasteiger charge is -2.23. The minimum atomic E-state index is 0.533. The fourth-order valence-corrected chi connectivity index (χ4v) is 2.98. The molecular weight excluding hydrogens is 198 g/mol. The molecule has 3 nitrogen and oxygen atoms in total. The van der Waals surface area contributed by atoms with Crippen molar-refractivity contribution in [2.24, 2.45) is 5.41 Å². The van der Waals surface area contributed by atoms with E-state index >= 15 is 0 Å². The van der Waals surface area contributed by atoms with Crippen LogP contribution in [0.25, 0.3) is 0 Å². The van der Waals surface area contributed by atoms with Gasteiger partial charge in [-0.05, 0) is 38.4 Å². The van der Waals surface area contributed by atoms with Crippen LogP contribution in [0.3, 0.4) is 0 Å². The molecule has 1 aromatic heterocycles. The molecule has 0 saturated carbocycles. The summed E-state index contributed by atoms with van der Waals surface area (Å²) in [7, 11) is 0. The lowest BCUT2D eigenvalue weighted by Crippen LogP contribution is -2.29. The Hall–Kier alpha value is -1.09. The Morgan fingerprint density at radius 2 is 2.31 bits per heavy atom. The molecule has 1 unspecified atom stereocenters. The molecule has 3 rings (SSSR count). The van der Waals surface area contributed by atoms with Crippen LogP contribution in [0.1, 0.15) is 18.5 Å². The molecule has 86 valence electrons. The fourth-order valence-electron chi connectivity index (χ4n) is 2.98. The summed E-state index contributed by atoms with van der Waals surface area (Å²) in [5.41, 5.74) is 1.65. The SMILES string of the molecule is Cc1cccc(N2CCC3(CCNC3)C2)n1. The summed E-state index contributed by atoms with van der Waals surface area (Å²) in [4.78, 5) is 7.06. The number of anilines is 1. The quantitative estimate of drug-likeness (QED) is 0.774. The van der Waals surface area contributed by atoms with Crippen LogP contribution in [0.2, 0.25) is 0 Å². The maximum Gasteiger partial charge on any atom is 0.128 e. The highest BCUT2D eigenvalue weighted by molar-refractivity contribution is 5.41. The van der Waals surface area contributed by atoms with Crippen molar-refractivity contribution < 1.29 is 0 Å². The molecule has 3 heterocycles. The highest BCUT2D eigenvalue weighted by Crippen LogP contribution is 2.37. The van der Waals surface area contributed by atoms with Crippen LogP contribution >= 0.6 is 0 Å². The van der Waals surface area contributed by atoms with Gasteiger partial charge >= 0.3 is 0 Å². The summed E-state index contributed by atoms with van der Waals surface area (Å²) >= 11 is 0. The van der Waals surface area contributed by atoms with Gasteiger partial charge in [0.15, 0.2) is 0 Å². The summed E-state index contributed by atoms with van der Waals surface area (Å²) < 4.78 is 0. The molecule has 1 N–H and O–H groups in total. The van der Waals surface area contributed by atoms with Gasteiger partial charge in [0.05, 0.1) is 0 Å². The average Bonchev–Trinajstić information content (AvgIpc) is 2.90. The molecule has 1 atom stereocenters. The van der Waals surface area contributed by atoms with Gasteiger partial charge in [-0.3, -0.25) is 0 Å². The minimum absolute atomic E-state index is 0.533. The Labute approximate surface area is 96.9 Å². The Morgan fingerprint density at radius 3 is 3.06 bits per heavy atom. The first-order valence-corrected chi connectivity index (χ1v) is 6.17. The molecule has 3 heteroatoms. The smallest absolute Gasteiger partial charge is 0.128 e. The predicted molar refractivity (Wildman–Crippen MR) is 65.7 cm³/mol. The molecule has 2 aliphatic heterocycles. The van der Waals surface area contributed by atoms with E-state index in [9.17, 15) is 0 Å². The third kappa shape index (κ3) is 1.69. The first kappa shape index (κ1) is 10.1. The van der Waals surface area contributed by atoms with Crippen LogP contribution in [0.4, 0.5) is 5.82 Å². The zero-order valence-corrected chi connectivity index (χ0v) is 9.87. The summed E-state index contributed by atoms with van der Waals surface area (Å²) in [6, 6.07) is 6.30. The Morgan fingerprint density at radius 1 is 1.38 bits per heavy atom. The van der Waals surface area contributed by atoms with Gasteiger partial charge in [-0.25, -0.2) is 4.98 Å². The van der Waals surface area contributed by atoms with E-state index in [1.165, 1.54) is 32.5 Å². The molecule has 0 radical (unpaired) electrons. The minimum Gasteiger partial charge on any atom is -0.356 e. The van der Waals surface area contributed by atoms with Gasteiger partial charge in [-0.15, -0.1) is 0 Å². The molecule has 1 aromatic rings. The van der Waals surface area contributed by atoms with Crippen molar-refractivity contribution in [3.8, 4) is 0 Å². The molecule has 16 heavy (non-hydrogen) atoms. The van der Waals surface area contributed by atoms with Crippen LogP contribution in [0.15, 0.2) is 18.2 Å². The van der Waals surface area contributed by atoms with Crippen molar-refractivity contribution in [3.63, 3.8) is 0 Å². The zero-order chi connectivity index (χ0) is 11.0. The monoisotopic (exact) mass is 217 g/mol. The number of pyridine rings is 1. The molecule has 2 fully saturated rings. The van der Waals surface area contributed by atoms with Gasteiger partial charge in [0, 0.05) is 30.7 Å². The number of nitrogens with one attached hydrogen (secondary N) is 1. The van der Waals surface area contributed by atoms with Gasteiger partial charge < -0.3 is 10.2 Å². The normalized spacial score (nSPS) is 29.2. The maximum absolute atomic E-state index is 4.62. The number of rotatable bonds is 1. The van der Waals surface area contributed by atoms with Gasteiger partial charge in [-0.2, -0.15) is 0 Å². The number of hydrogen-bond acceptors (Lipinski definition) is 3. The first-order chi connectivity index (χ1) is 7.77. The molecule has 2 aliphatic rings. The van der Waals surface area contributed by atoms with E-state index in [1.54, 1.807) is 0 Å². The maximum atomic E-state index is 4.62. The molecule has 0 amide bonds. The van der Waals surface area contributed by atoms with Crippen molar-refractivity contribution in [2.75, 3.05) is 31.1 Å². The van der Waals surface area contributed by atoms with E-state index in [4.69, 9.17) is 0 Å². The van der Waals surface area contributed by atoms with Crippen LogP contribution in [0.5, 0.6) is 0 Å². The lowest BCUT2D eigenvalue weighted by molar-refractivity contribution is 0.369. The number of aryl methyl sites for hydroxylation is 1. The zero-order valence-electron chi connectivity index (χ0n) is 9.87. The van der Waals surface area contributed by atoms with Crippen molar-refractivity contribution in [1.82, 2.24) is 10.3 Å². The molecule has 0 bridgehead atoms. The van der Waals surface area contributed by atoms with Gasteiger partial charge in [0.25, 0.3) is 0 Å². The molecule has 0 aromatic carbocycles. The largest absolute Gasteiger partial charge is 0.356 e. The lowest BCUT2D eigenvalue weighted by atomic mass is 9.87. The predicted octanol–water partition coefficient (Wildman–Crippen LogP) is 1.58. The summed E-state index contributed by atoms with van der Waals surface area (Å²) in [5, 5.41) is 3.49. The topological polar surface area (TPSA) is 28.2 Å². The van der Waals surface area contributed by atoms with Crippen molar-refractivity contribution >= 4 is 5.82 Å². The van der Waals surface area contributed by atoms with Crippen LogP contribution in [-0.4, -0.2) is 31.2 Å². The number of hydrogen-bond donors (Lipinski definition) is 1. The first-order valence-electron chi connectivity index (χ1n) is 6.17. The van der Waals surface area contributed by atoms with E-state index < -0.39 is 0 Å². The number of nitrogens with zero attached hydrogens (tertiary/aromatic N) is 2. The van der Waals surface area contributed by atoms with Crippen molar-refractivity contribution in [3.05, 3.63) is 23.9 Å². The fraction of sp³-hybridized carbons (Fsp3) is 0.615. The molecule has 1 spiro atoms. The molecule has 2 saturated heterocycles. The van der Waals surface area contributed by atoms with Crippen molar-refractivity contribution in [1.29, 1.82) is 0 Å². The van der Waals surface area contributed by atoms with E-state index in [2.05, 4.69) is 40.3 Å². The van der Waals surface area contributed by atoms with Gasteiger partial charge in [0.1, 0.15) is 5.82 Å². The van der Waals surface area contributed by atoms with E-state index in [0.29, 0.717) is 5.41 Å². The summed E-state index contributed by atoms with van der Waals surface area (Å²) in [6.07, 6.45) is 2.64.